The second-order valence-corrected chi connectivity index (χ2v) is 31.3. The Bertz CT molecular complexity index is 4800. The van der Waals surface area contributed by atoms with E-state index in [4.69, 9.17) is 0 Å². The first-order valence-corrected chi connectivity index (χ1v) is 44.9. The van der Waals surface area contributed by atoms with E-state index in [1.165, 1.54) is 145 Å². The standard InChI is InChI=1S/C78H66N6.C12H12Br6.C11H9N/c1-7-19-61(20-8-1)67-31-43-79(44-32-67)55-73-74(56-80-45-33-68(34-46-80)62-21-9-2-10-22-62)76(58-82-49-37-70(38-50-82)64-25-13-4-14-26-64)78(60-84-53-41-72(42-54-84)66-29-17-6-18-30-66)77(59-83-51-39-71(40-52-83)65-27-15-5-16-28-65)75(73)57-81-47-35-69(36-48-81)63-23-11-3-12-24-63;13-1-7-8(2-14)10(4-16)12(6-18)11(5-17)9(7)3-15;1-2-4-10(5-3-1)11-6-8-12-9-7-11/h1-54H,55-60H2;1-6H2;1-9H/q+6;;. The molecule has 16 aromatic rings. The van der Waals surface area contributed by atoms with E-state index in [-0.39, 0.29) is 0 Å². The summed E-state index contributed by atoms with van der Waals surface area (Å²) in [7, 11) is 0. The number of rotatable bonds is 25. The molecule has 0 saturated heterocycles. The van der Waals surface area contributed by atoms with Crippen molar-refractivity contribution in [2.24, 2.45) is 0 Å². The quantitative estimate of drug-likeness (QED) is 0.0415. The minimum absolute atomic E-state index is 0.652. The van der Waals surface area contributed by atoms with Crippen LogP contribution in [0.1, 0.15) is 66.8 Å². The molecule has 0 aliphatic heterocycles. The number of aromatic nitrogens is 7. The molecule has 7 heterocycles. The van der Waals surface area contributed by atoms with E-state index < -0.39 is 0 Å². The van der Waals surface area contributed by atoms with E-state index in [1.807, 2.05) is 42.7 Å². The lowest BCUT2D eigenvalue weighted by Crippen LogP contribution is -2.45. The number of hydrogen-bond donors (Lipinski definition) is 0. The molecule has 0 atom stereocenters. The number of nitrogens with zero attached hydrogens (tertiary/aromatic N) is 7. The summed E-state index contributed by atoms with van der Waals surface area (Å²) in [6.45, 7) is 3.91. The molecule has 0 radical (unpaired) electrons. The average Bonchev–Trinajstić information content (AvgIpc) is 0.744. The molecule has 0 saturated carbocycles. The Labute approximate surface area is 721 Å². The molecular formula is C101H87Br6N7+6. The van der Waals surface area contributed by atoms with Gasteiger partial charge in [-0.1, -0.05) is 308 Å². The SMILES string of the molecule is BrCc1c(CBr)c(CBr)c(CBr)c(CBr)c1CBr.c1ccc(-c2cc[n+](Cc3c(C[n+]4ccc(-c5ccccc5)cc4)c(C[n+]4ccc(-c5ccccc5)cc4)c(C[n+]4ccc(-c5ccccc5)cc4)c(C[n+]4ccc(-c5ccccc5)cc4)c3C[n+]3ccc(-c4ccccc4)cc3)cc2)cc1.c1ccc(-c2ccncc2)cc1. The molecule has 0 amide bonds. The predicted octanol–water partition coefficient (Wildman–Crippen LogP) is 23.5. The Kier molecular flexibility index (Phi) is 28.8. The molecular weight excluding hydrogens is 1790 g/mol. The van der Waals surface area contributed by atoms with Crippen LogP contribution in [0.5, 0.6) is 0 Å². The predicted molar refractivity (Wildman–Crippen MR) is 485 cm³/mol. The van der Waals surface area contributed by atoms with Crippen LogP contribution in [-0.2, 0) is 71.2 Å². The summed E-state index contributed by atoms with van der Waals surface area (Å²) in [6.07, 6.45) is 30.8. The second kappa shape index (κ2) is 40.8. The van der Waals surface area contributed by atoms with Crippen molar-refractivity contribution in [1.82, 2.24) is 4.98 Å². The van der Waals surface area contributed by atoms with Gasteiger partial charge in [-0.3, -0.25) is 4.98 Å². The van der Waals surface area contributed by atoms with E-state index in [2.05, 4.69) is 469 Å². The van der Waals surface area contributed by atoms with Crippen molar-refractivity contribution in [1.29, 1.82) is 0 Å². The van der Waals surface area contributed by atoms with Crippen LogP contribution < -0.4 is 27.4 Å². The highest BCUT2D eigenvalue weighted by atomic mass is 79.9. The number of hydrogen-bond acceptors (Lipinski definition) is 1. The number of halogens is 6. The first kappa shape index (κ1) is 80.5. The Morgan fingerprint density at radius 3 is 0.404 bits per heavy atom. The van der Waals surface area contributed by atoms with Crippen molar-refractivity contribution in [3.05, 3.63) is 451 Å². The third-order valence-corrected chi connectivity index (χ3v) is 24.4. The largest absolute Gasteiger partial charge is 0.265 e. The molecule has 9 aromatic carbocycles. The fraction of sp³-hybridized carbons (Fsp3) is 0.119. The van der Waals surface area contributed by atoms with Crippen LogP contribution in [-0.4, -0.2) is 4.98 Å². The lowest BCUT2D eigenvalue weighted by molar-refractivity contribution is -0.701. The van der Waals surface area contributed by atoms with Crippen molar-refractivity contribution in [3.8, 4) is 77.9 Å². The van der Waals surface area contributed by atoms with Crippen LogP contribution in [0.3, 0.4) is 0 Å². The van der Waals surface area contributed by atoms with Crippen LogP contribution in [0.25, 0.3) is 77.9 Å². The maximum Gasteiger partial charge on any atom is 0.174 e. The summed E-state index contributed by atoms with van der Waals surface area (Å²) in [4.78, 5) is 3.97. The fourth-order valence-corrected chi connectivity index (χ4v) is 18.9. The van der Waals surface area contributed by atoms with Crippen LogP contribution in [0.4, 0.5) is 0 Å². The first-order chi connectivity index (χ1) is 56.3. The maximum absolute atomic E-state index is 3.97. The molecule has 0 N–H and O–H groups in total. The van der Waals surface area contributed by atoms with Gasteiger partial charge in [0.05, 0.1) is 0 Å². The summed E-state index contributed by atoms with van der Waals surface area (Å²) in [5.41, 5.74) is 33.1. The number of alkyl halides is 6. The van der Waals surface area contributed by atoms with Crippen molar-refractivity contribution < 1.29 is 27.4 Å². The molecule has 562 valence electrons. The highest BCUT2D eigenvalue weighted by Crippen LogP contribution is 2.38. The Balaban J connectivity index is 0.000000298. The van der Waals surface area contributed by atoms with Crippen LogP contribution in [0, 0.1) is 0 Å². The zero-order valence-corrected chi connectivity index (χ0v) is 72.8. The molecule has 0 spiro atoms. The van der Waals surface area contributed by atoms with Crippen LogP contribution >= 0.6 is 95.6 Å². The van der Waals surface area contributed by atoms with Crippen molar-refractivity contribution in [2.45, 2.75) is 71.2 Å². The molecule has 114 heavy (non-hydrogen) atoms. The highest BCUT2D eigenvalue weighted by Gasteiger charge is 2.34. The van der Waals surface area contributed by atoms with Gasteiger partial charge in [0.15, 0.2) is 114 Å². The van der Waals surface area contributed by atoms with Crippen LogP contribution in [0.15, 0.2) is 384 Å². The van der Waals surface area contributed by atoms with Gasteiger partial charge in [-0.15, -0.1) is 0 Å². The lowest BCUT2D eigenvalue weighted by Gasteiger charge is -2.22. The van der Waals surface area contributed by atoms with Crippen molar-refractivity contribution in [2.75, 3.05) is 0 Å². The Morgan fingerprint density at radius 2 is 0.272 bits per heavy atom. The third kappa shape index (κ3) is 20.3. The summed E-state index contributed by atoms with van der Waals surface area (Å²) in [5.74, 6) is 0. The van der Waals surface area contributed by atoms with Crippen LogP contribution in [0.2, 0.25) is 0 Å². The highest BCUT2D eigenvalue weighted by molar-refractivity contribution is 9.09. The maximum atomic E-state index is 3.97. The lowest BCUT2D eigenvalue weighted by atomic mass is 9.84. The smallest absolute Gasteiger partial charge is 0.174 e. The van der Waals surface area contributed by atoms with Gasteiger partial charge in [0.1, 0.15) is 0 Å². The molecule has 16 rings (SSSR count). The number of pyridine rings is 7. The van der Waals surface area contributed by atoms with E-state index >= 15 is 0 Å². The topological polar surface area (TPSA) is 36.2 Å². The van der Waals surface area contributed by atoms with E-state index in [0.717, 1.165) is 32.0 Å². The summed E-state index contributed by atoms with van der Waals surface area (Å²) in [5, 5.41) is 5.32. The van der Waals surface area contributed by atoms with Gasteiger partial charge in [0, 0.05) is 151 Å². The molecule has 7 aromatic heterocycles. The minimum atomic E-state index is 0.652. The van der Waals surface area contributed by atoms with Crippen molar-refractivity contribution >= 4 is 95.6 Å². The molecule has 0 fully saturated rings. The molecule has 13 heteroatoms. The Hall–Kier alpha value is -10.1. The van der Waals surface area contributed by atoms with E-state index in [1.54, 1.807) is 0 Å². The molecule has 7 nitrogen and oxygen atoms in total. The average molecular weight is 1880 g/mol. The van der Waals surface area contributed by atoms with Gasteiger partial charge in [0.25, 0.3) is 0 Å². The monoisotopic (exact) mass is 1870 g/mol. The van der Waals surface area contributed by atoms with Gasteiger partial charge in [-0.05, 0) is 123 Å². The Morgan fingerprint density at radius 1 is 0.149 bits per heavy atom. The first-order valence-electron chi connectivity index (χ1n) is 38.2. The molecule has 0 aliphatic rings. The second-order valence-electron chi connectivity index (χ2n) is 27.9. The van der Waals surface area contributed by atoms with Crippen molar-refractivity contribution in [3.63, 3.8) is 0 Å². The normalized spacial score (nSPS) is 11.0. The van der Waals surface area contributed by atoms with E-state index in [0.29, 0.717) is 39.3 Å². The molecule has 0 bridgehead atoms. The zero-order chi connectivity index (χ0) is 78.2. The summed E-state index contributed by atoms with van der Waals surface area (Å²) < 4.78 is 14.3. The fourth-order valence-electron chi connectivity index (χ4n) is 14.9. The molecule has 0 unspecified atom stereocenters. The third-order valence-electron chi connectivity index (χ3n) is 21.0. The minimum Gasteiger partial charge on any atom is -0.265 e. The van der Waals surface area contributed by atoms with Gasteiger partial charge in [-0.2, -0.15) is 0 Å². The van der Waals surface area contributed by atoms with Gasteiger partial charge in [-0.25, -0.2) is 27.4 Å². The summed E-state index contributed by atoms with van der Waals surface area (Å²) >= 11 is 21.8. The van der Waals surface area contributed by atoms with E-state index in [9.17, 15) is 0 Å². The van der Waals surface area contributed by atoms with Gasteiger partial charge < -0.3 is 0 Å². The zero-order valence-electron chi connectivity index (χ0n) is 63.3. The molecule has 0 aliphatic carbocycles. The summed E-state index contributed by atoms with van der Waals surface area (Å²) in [6, 6.07) is 106. The van der Waals surface area contributed by atoms with Gasteiger partial charge >= 0.3 is 0 Å². The van der Waals surface area contributed by atoms with Gasteiger partial charge in [0.2, 0.25) is 0 Å². The number of benzene rings is 9.